The van der Waals surface area contributed by atoms with Gasteiger partial charge in [0.1, 0.15) is 6.54 Å². The fraction of sp³-hybridized carbons (Fsp3) is 0.211. The zero-order chi connectivity index (χ0) is 18.8. The maximum absolute atomic E-state index is 13.5. The van der Waals surface area contributed by atoms with Gasteiger partial charge in [-0.05, 0) is 32.0 Å². The number of benzene rings is 2. The third-order valence-corrected chi connectivity index (χ3v) is 4.17. The van der Waals surface area contributed by atoms with Crippen molar-refractivity contribution in [3.05, 3.63) is 70.1 Å². The molecular formula is C19H17F2N3O2. The Kier molecular flexibility index (Phi) is 4.79. The van der Waals surface area contributed by atoms with Crippen LogP contribution in [-0.4, -0.2) is 22.2 Å². The van der Waals surface area contributed by atoms with Gasteiger partial charge in [0.05, 0.1) is 11.1 Å². The monoisotopic (exact) mass is 357 g/mol. The summed E-state index contributed by atoms with van der Waals surface area (Å²) in [6.07, 6.45) is 0. The number of likely N-dealkylation sites (N-methyl/N-ethyl adjacent to an activating group) is 1. The molecule has 1 aromatic heterocycles. The number of aryl methyl sites for hydroxylation is 1. The van der Waals surface area contributed by atoms with E-state index in [2.05, 4.69) is 5.10 Å². The van der Waals surface area contributed by atoms with Crippen molar-refractivity contribution in [3.63, 3.8) is 0 Å². The minimum Gasteiger partial charge on any atom is -0.311 e. The van der Waals surface area contributed by atoms with E-state index in [1.165, 1.54) is 11.0 Å². The number of hydrogen-bond donors (Lipinski definition) is 0. The van der Waals surface area contributed by atoms with Crippen LogP contribution in [0.15, 0.2) is 47.3 Å². The van der Waals surface area contributed by atoms with Crippen LogP contribution in [-0.2, 0) is 11.3 Å². The maximum Gasteiger partial charge on any atom is 0.275 e. The predicted molar refractivity (Wildman–Crippen MR) is 95.1 cm³/mol. The lowest BCUT2D eigenvalue weighted by molar-refractivity contribution is -0.119. The highest BCUT2D eigenvalue weighted by molar-refractivity contribution is 5.93. The van der Waals surface area contributed by atoms with E-state index < -0.39 is 17.5 Å². The van der Waals surface area contributed by atoms with Gasteiger partial charge < -0.3 is 4.90 Å². The molecule has 3 rings (SSSR count). The number of carbonyl (C=O) groups excluding carboxylic acids is 1. The summed E-state index contributed by atoms with van der Waals surface area (Å²) < 4.78 is 27.7. The summed E-state index contributed by atoms with van der Waals surface area (Å²) in [6.45, 7) is 3.42. The fourth-order valence-electron chi connectivity index (χ4n) is 2.88. The van der Waals surface area contributed by atoms with E-state index in [9.17, 15) is 18.4 Å². The van der Waals surface area contributed by atoms with Gasteiger partial charge in [0.2, 0.25) is 5.91 Å². The van der Waals surface area contributed by atoms with Crippen LogP contribution in [0.5, 0.6) is 0 Å². The van der Waals surface area contributed by atoms with Gasteiger partial charge in [-0.25, -0.2) is 13.5 Å². The van der Waals surface area contributed by atoms with Crippen molar-refractivity contribution in [1.82, 2.24) is 9.78 Å². The molecule has 0 atom stereocenters. The van der Waals surface area contributed by atoms with Gasteiger partial charge in [0.15, 0.2) is 11.6 Å². The van der Waals surface area contributed by atoms with Crippen LogP contribution in [0.4, 0.5) is 14.5 Å². The van der Waals surface area contributed by atoms with Crippen molar-refractivity contribution in [1.29, 1.82) is 0 Å². The molecule has 0 N–H and O–H groups in total. The Balaban J connectivity index is 1.96. The Morgan fingerprint density at radius 2 is 1.81 bits per heavy atom. The number of nitrogens with zero attached hydrogens (tertiary/aromatic N) is 3. The molecule has 0 aliphatic heterocycles. The second-order valence-corrected chi connectivity index (χ2v) is 5.83. The summed E-state index contributed by atoms with van der Waals surface area (Å²) in [5.74, 6) is -2.46. The lowest BCUT2D eigenvalue weighted by Crippen LogP contribution is -2.37. The highest BCUT2D eigenvalue weighted by atomic mass is 19.2. The Morgan fingerprint density at radius 1 is 1.12 bits per heavy atom. The molecule has 0 aliphatic rings. The van der Waals surface area contributed by atoms with E-state index in [-0.39, 0.29) is 24.3 Å². The molecule has 134 valence electrons. The number of rotatable bonds is 4. The van der Waals surface area contributed by atoms with Crippen LogP contribution in [0.2, 0.25) is 0 Å². The number of fused-ring (bicyclic) bond motifs is 1. The van der Waals surface area contributed by atoms with E-state index in [0.29, 0.717) is 11.1 Å². The molecule has 5 nitrogen and oxygen atoms in total. The molecular weight excluding hydrogens is 340 g/mol. The molecule has 0 unspecified atom stereocenters. The first-order chi connectivity index (χ1) is 12.4. The van der Waals surface area contributed by atoms with Gasteiger partial charge in [-0.2, -0.15) is 5.10 Å². The lowest BCUT2D eigenvalue weighted by atomic mass is 10.1. The quantitative estimate of drug-likeness (QED) is 0.721. The molecule has 0 saturated carbocycles. The Hall–Kier alpha value is -3.09. The number of halogens is 2. The standard InChI is InChI=1S/C19H17F2N3O2/c1-3-23(13-8-9-16(20)17(21)10-13)18(25)11-24-19(26)15-7-5-4-6-14(15)12(2)22-24/h4-10H,3,11H2,1-2H3. The third kappa shape index (κ3) is 3.20. The van der Waals surface area contributed by atoms with Crippen molar-refractivity contribution in [2.75, 3.05) is 11.4 Å². The SMILES string of the molecule is CCN(C(=O)Cn1nc(C)c2ccccc2c1=O)c1ccc(F)c(F)c1. The lowest BCUT2D eigenvalue weighted by Gasteiger charge is -2.21. The number of hydrogen-bond acceptors (Lipinski definition) is 3. The molecule has 0 radical (unpaired) electrons. The van der Waals surface area contributed by atoms with E-state index in [0.717, 1.165) is 22.2 Å². The zero-order valence-electron chi connectivity index (χ0n) is 14.4. The highest BCUT2D eigenvalue weighted by Crippen LogP contribution is 2.18. The van der Waals surface area contributed by atoms with Crippen molar-refractivity contribution in [2.24, 2.45) is 0 Å². The average molecular weight is 357 g/mol. The Labute approximate surface area is 148 Å². The van der Waals surface area contributed by atoms with Gasteiger partial charge in [0.25, 0.3) is 5.56 Å². The van der Waals surface area contributed by atoms with Gasteiger partial charge in [-0.1, -0.05) is 18.2 Å². The van der Waals surface area contributed by atoms with Crippen LogP contribution in [0, 0.1) is 18.6 Å². The maximum atomic E-state index is 13.5. The highest BCUT2D eigenvalue weighted by Gasteiger charge is 2.18. The smallest absolute Gasteiger partial charge is 0.275 e. The van der Waals surface area contributed by atoms with Gasteiger partial charge in [-0.15, -0.1) is 0 Å². The second-order valence-electron chi connectivity index (χ2n) is 5.83. The molecule has 0 saturated heterocycles. The summed E-state index contributed by atoms with van der Waals surface area (Å²) in [5, 5.41) is 5.41. The minimum absolute atomic E-state index is 0.224. The van der Waals surface area contributed by atoms with Gasteiger partial charge in [0, 0.05) is 23.7 Å². The fourth-order valence-corrected chi connectivity index (χ4v) is 2.88. The van der Waals surface area contributed by atoms with Crippen molar-refractivity contribution in [3.8, 4) is 0 Å². The first-order valence-corrected chi connectivity index (χ1v) is 8.14. The summed E-state index contributed by atoms with van der Waals surface area (Å²) in [7, 11) is 0. The molecule has 0 aliphatic carbocycles. The van der Waals surface area contributed by atoms with Crippen LogP contribution >= 0.6 is 0 Å². The number of aromatic nitrogens is 2. The third-order valence-electron chi connectivity index (χ3n) is 4.17. The molecule has 0 fully saturated rings. The molecule has 1 amide bonds. The minimum atomic E-state index is -1.04. The molecule has 0 bridgehead atoms. The van der Waals surface area contributed by atoms with E-state index in [1.807, 2.05) is 6.07 Å². The largest absolute Gasteiger partial charge is 0.311 e. The molecule has 7 heteroatoms. The van der Waals surface area contributed by atoms with Crippen molar-refractivity contribution < 1.29 is 13.6 Å². The zero-order valence-corrected chi connectivity index (χ0v) is 14.4. The topological polar surface area (TPSA) is 55.2 Å². The predicted octanol–water partition coefficient (Wildman–Crippen LogP) is 3.04. The van der Waals surface area contributed by atoms with Crippen LogP contribution in [0.3, 0.4) is 0 Å². The summed E-state index contributed by atoms with van der Waals surface area (Å²) in [6, 6.07) is 10.3. The number of anilines is 1. The van der Waals surface area contributed by atoms with Crippen LogP contribution in [0.1, 0.15) is 12.6 Å². The van der Waals surface area contributed by atoms with Gasteiger partial charge >= 0.3 is 0 Å². The normalized spacial score (nSPS) is 10.9. The van der Waals surface area contributed by atoms with Crippen molar-refractivity contribution in [2.45, 2.75) is 20.4 Å². The summed E-state index contributed by atoms with van der Waals surface area (Å²) >= 11 is 0. The molecule has 0 spiro atoms. The molecule has 1 heterocycles. The summed E-state index contributed by atoms with van der Waals surface area (Å²) in [4.78, 5) is 26.5. The first kappa shape index (κ1) is 17.7. The van der Waals surface area contributed by atoms with E-state index in [1.54, 1.807) is 32.0 Å². The number of carbonyl (C=O) groups is 1. The molecule has 26 heavy (non-hydrogen) atoms. The van der Waals surface area contributed by atoms with Crippen molar-refractivity contribution >= 4 is 22.4 Å². The second kappa shape index (κ2) is 7.03. The van der Waals surface area contributed by atoms with E-state index >= 15 is 0 Å². The van der Waals surface area contributed by atoms with E-state index in [4.69, 9.17) is 0 Å². The average Bonchev–Trinajstić information content (AvgIpc) is 2.63. The van der Waals surface area contributed by atoms with Crippen LogP contribution in [0.25, 0.3) is 10.8 Å². The Morgan fingerprint density at radius 3 is 2.46 bits per heavy atom. The van der Waals surface area contributed by atoms with Crippen LogP contribution < -0.4 is 10.5 Å². The molecule has 2 aromatic carbocycles. The van der Waals surface area contributed by atoms with Gasteiger partial charge in [-0.3, -0.25) is 9.59 Å². The number of amides is 1. The Bertz CT molecular complexity index is 1050. The molecule has 3 aromatic rings. The summed E-state index contributed by atoms with van der Waals surface area (Å²) in [5.41, 5.74) is 0.478. The first-order valence-electron chi connectivity index (χ1n) is 8.14.